The molecular weight excluding hydrogens is 487 g/mol. The summed E-state index contributed by atoms with van der Waals surface area (Å²) in [6.07, 6.45) is 4.76. The molecule has 6 nitrogen and oxygen atoms in total. The van der Waals surface area contributed by atoms with Crippen molar-refractivity contribution in [1.82, 2.24) is 15.5 Å². The van der Waals surface area contributed by atoms with E-state index < -0.39 is 0 Å². The SMILES string of the molecule is CN=C(NCCCOCC1CCCO1)NCC(C)N1CCc2sccc2C1.I. The van der Waals surface area contributed by atoms with Gasteiger partial charge in [-0.1, -0.05) is 0 Å². The first-order valence-corrected chi connectivity index (χ1v) is 11.1. The van der Waals surface area contributed by atoms with E-state index in [1.54, 1.807) is 4.88 Å². The number of fused-ring (bicyclic) bond motifs is 1. The quantitative estimate of drug-likeness (QED) is 0.226. The molecule has 1 saturated heterocycles. The summed E-state index contributed by atoms with van der Waals surface area (Å²) in [5.41, 5.74) is 1.50. The lowest BCUT2D eigenvalue weighted by atomic mass is 10.1. The first kappa shape index (κ1) is 23.9. The Hall–Kier alpha value is -0.420. The summed E-state index contributed by atoms with van der Waals surface area (Å²) in [5.74, 6) is 0.870. The Morgan fingerprint density at radius 3 is 3.14 bits per heavy atom. The number of hydrogen-bond donors (Lipinski definition) is 2. The molecule has 160 valence electrons. The molecule has 2 unspecified atom stereocenters. The smallest absolute Gasteiger partial charge is 0.191 e. The van der Waals surface area contributed by atoms with Crippen molar-refractivity contribution >= 4 is 41.3 Å². The van der Waals surface area contributed by atoms with Crippen LogP contribution in [0, 0.1) is 0 Å². The van der Waals surface area contributed by atoms with Crippen LogP contribution in [0.25, 0.3) is 0 Å². The van der Waals surface area contributed by atoms with Crippen LogP contribution in [-0.2, 0) is 22.4 Å². The maximum Gasteiger partial charge on any atom is 0.191 e. The highest BCUT2D eigenvalue weighted by Gasteiger charge is 2.21. The van der Waals surface area contributed by atoms with E-state index in [9.17, 15) is 0 Å². The number of thiophene rings is 1. The van der Waals surface area contributed by atoms with E-state index in [2.05, 4.69) is 38.9 Å². The summed E-state index contributed by atoms with van der Waals surface area (Å²) < 4.78 is 11.3. The third kappa shape index (κ3) is 7.44. The van der Waals surface area contributed by atoms with Crippen LogP contribution in [0.4, 0.5) is 0 Å². The third-order valence-electron chi connectivity index (χ3n) is 5.33. The van der Waals surface area contributed by atoms with Crippen LogP contribution in [0.2, 0.25) is 0 Å². The van der Waals surface area contributed by atoms with Crippen LogP contribution in [-0.4, -0.2) is 69.5 Å². The van der Waals surface area contributed by atoms with Crippen molar-refractivity contribution in [3.63, 3.8) is 0 Å². The van der Waals surface area contributed by atoms with Gasteiger partial charge in [-0.3, -0.25) is 9.89 Å². The van der Waals surface area contributed by atoms with Crippen molar-refractivity contribution in [3.8, 4) is 0 Å². The largest absolute Gasteiger partial charge is 0.379 e. The number of aliphatic imine (C=N–C) groups is 1. The Morgan fingerprint density at radius 1 is 1.46 bits per heavy atom. The van der Waals surface area contributed by atoms with Crippen molar-refractivity contribution in [2.75, 3.05) is 46.5 Å². The van der Waals surface area contributed by atoms with Gasteiger partial charge in [-0.25, -0.2) is 0 Å². The van der Waals surface area contributed by atoms with E-state index in [0.29, 0.717) is 12.1 Å². The van der Waals surface area contributed by atoms with Crippen molar-refractivity contribution < 1.29 is 9.47 Å². The number of halogens is 1. The van der Waals surface area contributed by atoms with Gasteiger partial charge in [0.25, 0.3) is 0 Å². The van der Waals surface area contributed by atoms with Gasteiger partial charge in [0.05, 0.1) is 12.7 Å². The molecule has 0 aromatic carbocycles. The monoisotopic (exact) mass is 522 g/mol. The average molecular weight is 522 g/mol. The lowest BCUT2D eigenvalue weighted by Crippen LogP contribution is -2.47. The Labute approximate surface area is 190 Å². The maximum absolute atomic E-state index is 5.70. The Morgan fingerprint density at radius 2 is 2.36 bits per heavy atom. The lowest BCUT2D eigenvalue weighted by molar-refractivity contribution is 0.0168. The minimum absolute atomic E-state index is 0. The maximum atomic E-state index is 5.70. The third-order valence-corrected chi connectivity index (χ3v) is 6.36. The molecule has 1 aromatic rings. The predicted octanol–water partition coefficient (Wildman–Crippen LogP) is 2.86. The van der Waals surface area contributed by atoms with E-state index in [1.807, 2.05) is 18.4 Å². The summed E-state index contributed by atoms with van der Waals surface area (Å²) in [6.45, 7) is 8.64. The van der Waals surface area contributed by atoms with Crippen LogP contribution in [0.3, 0.4) is 0 Å². The molecule has 28 heavy (non-hydrogen) atoms. The number of nitrogens with zero attached hydrogens (tertiary/aromatic N) is 2. The van der Waals surface area contributed by atoms with Gasteiger partial charge in [0.2, 0.25) is 0 Å². The number of nitrogens with one attached hydrogen (secondary N) is 2. The van der Waals surface area contributed by atoms with Crippen molar-refractivity contribution in [2.24, 2.45) is 4.99 Å². The fourth-order valence-corrected chi connectivity index (χ4v) is 4.50. The van der Waals surface area contributed by atoms with Gasteiger partial charge in [0, 0.05) is 57.4 Å². The minimum Gasteiger partial charge on any atom is -0.379 e. The fraction of sp³-hybridized carbons (Fsp3) is 0.750. The Kier molecular flexibility index (Phi) is 11.1. The molecule has 2 aliphatic heterocycles. The molecule has 2 aliphatic rings. The second-order valence-electron chi connectivity index (χ2n) is 7.38. The fourth-order valence-electron chi connectivity index (χ4n) is 3.61. The Bertz CT molecular complexity index is 593. The average Bonchev–Trinajstić information content (AvgIpc) is 3.37. The highest BCUT2D eigenvalue weighted by Crippen LogP contribution is 2.24. The van der Waals surface area contributed by atoms with Crippen molar-refractivity contribution in [1.29, 1.82) is 0 Å². The van der Waals surface area contributed by atoms with Crippen molar-refractivity contribution in [2.45, 2.75) is 51.3 Å². The molecule has 2 atom stereocenters. The van der Waals surface area contributed by atoms with Gasteiger partial charge < -0.3 is 20.1 Å². The van der Waals surface area contributed by atoms with E-state index in [-0.39, 0.29) is 24.0 Å². The van der Waals surface area contributed by atoms with Gasteiger partial charge in [0.15, 0.2) is 5.96 Å². The van der Waals surface area contributed by atoms with E-state index >= 15 is 0 Å². The molecule has 3 heterocycles. The zero-order valence-electron chi connectivity index (χ0n) is 17.1. The molecule has 3 rings (SSSR count). The second kappa shape index (κ2) is 13.0. The molecule has 1 fully saturated rings. The first-order chi connectivity index (χ1) is 13.3. The second-order valence-corrected chi connectivity index (χ2v) is 8.38. The zero-order chi connectivity index (χ0) is 18.9. The van der Waals surface area contributed by atoms with Crippen LogP contribution < -0.4 is 10.6 Å². The molecule has 1 aromatic heterocycles. The zero-order valence-corrected chi connectivity index (χ0v) is 20.3. The van der Waals surface area contributed by atoms with Gasteiger partial charge in [-0.15, -0.1) is 35.3 Å². The summed E-state index contributed by atoms with van der Waals surface area (Å²) in [4.78, 5) is 8.44. The number of hydrogen-bond acceptors (Lipinski definition) is 5. The molecule has 0 bridgehead atoms. The molecule has 0 saturated carbocycles. The van der Waals surface area contributed by atoms with Gasteiger partial charge in [-0.05, 0) is 49.6 Å². The van der Waals surface area contributed by atoms with Gasteiger partial charge >= 0.3 is 0 Å². The van der Waals surface area contributed by atoms with Crippen LogP contribution in [0.5, 0.6) is 0 Å². The number of ether oxygens (including phenoxy) is 2. The summed E-state index contributed by atoms with van der Waals surface area (Å²) >= 11 is 1.89. The van der Waals surface area contributed by atoms with E-state index in [1.165, 1.54) is 18.4 Å². The number of guanidine groups is 1. The van der Waals surface area contributed by atoms with Crippen LogP contribution >= 0.6 is 35.3 Å². The topological polar surface area (TPSA) is 58.1 Å². The highest BCUT2D eigenvalue weighted by atomic mass is 127. The molecule has 2 N–H and O–H groups in total. The predicted molar refractivity (Wildman–Crippen MR) is 127 cm³/mol. The molecule has 0 aliphatic carbocycles. The Balaban J connectivity index is 0.00000280. The van der Waals surface area contributed by atoms with Crippen LogP contribution in [0.15, 0.2) is 16.4 Å². The first-order valence-electron chi connectivity index (χ1n) is 10.2. The molecule has 0 amide bonds. The molecule has 0 spiro atoms. The summed E-state index contributed by atoms with van der Waals surface area (Å²) in [5, 5.41) is 9.05. The highest BCUT2D eigenvalue weighted by molar-refractivity contribution is 14.0. The van der Waals surface area contributed by atoms with Gasteiger partial charge in [-0.2, -0.15) is 0 Å². The minimum atomic E-state index is 0. The standard InChI is InChI=1S/C20H34N4O2S.HI/c1-16(24-9-6-19-17(14-24)7-12-27-19)13-23-20(21-2)22-8-4-10-25-15-18-5-3-11-26-18;/h7,12,16,18H,3-6,8-11,13-15H2,1-2H3,(H2,21,22,23);1H. The molecule has 8 heteroatoms. The van der Waals surface area contributed by atoms with E-state index in [0.717, 1.165) is 64.8 Å². The number of rotatable bonds is 9. The summed E-state index contributed by atoms with van der Waals surface area (Å²) in [7, 11) is 1.83. The molecular formula is C20H35IN4O2S. The summed E-state index contributed by atoms with van der Waals surface area (Å²) in [6, 6.07) is 2.75. The lowest BCUT2D eigenvalue weighted by Gasteiger charge is -2.32. The van der Waals surface area contributed by atoms with E-state index in [4.69, 9.17) is 9.47 Å². The normalized spacial score (nSPS) is 21.1. The van der Waals surface area contributed by atoms with Crippen molar-refractivity contribution in [3.05, 3.63) is 21.9 Å². The van der Waals surface area contributed by atoms with Gasteiger partial charge in [0.1, 0.15) is 0 Å². The molecule has 0 radical (unpaired) electrons. The van der Waals surface area contributed by atoms with Crippen LogP contribution in [0.1, 0.15) is 36.6 Å².